The van der Waals surface area contributed by atoms with E-state index in [1.54, 1.807) is 60.0 Å². The fourth-order valence-electron chi connectivity index (χ4n) is 3.95. The first-order valence-corrected chi connectivity index (χ1v) is 10.6. The van der Waals surface area contributed by atoms with Gasteiger partial charge in [-0.3, -0.25) is 24.4 Å². The highest BCUT2D eigenvalue weighted by atomic mass is 35.5. The molecule has 2 aromatic heterocycles. The molecule has 0 bridgehead atoms. The van der Waals surface area contributed by atoms with E-state index in [0.717, 1.165) is 19.4 Å². The number of halogens is 1. The van der Waals surface area contributed by atoms with Crippen molar-refractivity contribution in [2.75, 3.05) is 18.0 Å². The van der Waals surface area contributed by atoms with Crippen molar-refractivity contribution < 1.29 is 14.8 Å². The van der Waals surface area contributed by atoms with Crippen molar-refractivity contribution >= 4 is 29.2 Å². The predicted octanol–water partition coefficient (Wildman–Crippen LogP) is 2.65. The first-order chi connectivity index (χ1) is 15.5. The van der Waals surface area contributed by atoms with Crippen LogP contribution in [0.3, 0.4) is 0 Å². The third kappa shape index (κ3) is 4.22. The van der Waals surface area contributed by atoms with Crippen LogP contribution >= 0.6 is 11.6 Å². The molecule has 2 amide bonds. The number of benzene rings is 1. The smallest absolute Gasteiger partial charge is 0.293 e. The molecule has 9 nitrogen and oxygen atoms in total. The Morgan fingerprint density at radius 3 is 2.72 bits per heavy atom. The van der Waals surface area contributed by atoms with Crippen molar-refractivity contribution in [3.63, 3.8) is 0 Å². The Labute approximate surface area is 190 Å². The molecule has 10 heteroatoms. The van der Waals surface area contributed by atoms with Gasteiger partial charge in [-0.1, -0.05) is 23.7 Å². The molecular weight excluding hydrogens is 432 g/mol. The number of hydroxylamine groups is 1. The Bertz CT molecular complexity index is 1120. The van der Waals surface area contributed by atoms with Crippen molar-refractivity contribution in [1.29, 1.82) is 0 Å². The minimum Gasteiger partial charge on any atom is -0.315 e. The van der Waals surface area contributed by atoms with E-state index in [9.17, 15) is 9.59 Å². The monoisotopic (exact) mass is 454 g/mol. The maximum Gasteiger partial charge on any atom is 0.293 e. The fourth-order valence-corrected chi connectivity index (χ4v) is 4.16. The summed E-state index contributed by atoms with van der Waals surface area (Å²) in [4.78, 5) is 31.6. The third-order valence-corrected chi connectivity index (χ3v) is 5.82. The fraction of sp³-hybridized carbons (Fsp3) is 0.273. The lowest BCUT2D eigenvalue weighted by molar-refractivity contribution is 0.0696. The minimum absolute atomic E-state index is 0.0681. The van der Waals surface area contributed by atoms with Crippen LogP contribution in [0.2, 0.25) is 5.02 Å². The number of nitrogens with one attached hydrogen (secondary N) is 2. The van der Waals surface area contributed by atoms with Gasteiger partial charge < -0.3 is 5.32 Å². The zero-order valence-corrected chi connectivity index (χ0v) is 18.2. The maximum absolute atomic E-state index is 13.6. The van der Waals surface area contributed by atoms with E-state index in [0.29, 0.717) is 34.1 Å². The second-order valence-electron chi connectivity index (χ2n) is 7.53. The van der Waals surface area contributed by atoms with Gasteiger partial charge in [0.1, 0.15) is 5.69 Å². The molecule has 1 atom stereocenters. The van der Waals surface area contributed by atoms with Crippen LogP contribution in [-0.4, -0.2) is 50.9 Å². The summed E-state index contributed by atoms with van der Waals surface area (Å²) in [7, 11) is 1.61. The average molecular weight is 455 g/mol. The predicted molar refractivity (Wildman–Crippen MR) is 120 cm³/mol. The standard InChI is InChI=1S/C22H23ClN6O3/c1-28-19(21(30)27-32)17(13-26-28)14-6-8-15(9-7-14)22(31)29(16-4-2-10-24-12-16)20-18(23)5-3-11-25-20/h3,5-9,11,13,16,24,32H,2,4,10,12H2,1H3,(H,27,30)/t16-/m1/s1. The van der Waals surface area contributed by atoms with Crippen LogP contribution in [0.1, 0.15) is 33.7 Å². The largest absolute Gasteiger partial charge is 0.315 e. The zero-order valence-electron chi connectivity index (χ0n) is 17.5. The van der Waals surface area contributed by atoms with Gasteiger partial charge in [0, 0.05) is 30.9 Å². The molecule has 0 aliphatic carbocycles. The van der Waals surface area contributed by atoms with Crippen molar-refractivity contribution in [2.45, 2.75) is 18.9 Å². The molecule has 3 N–H and O–H groups in total. The van der Waals surface area contributed by atoms with E-state index < -0.39 is 5.91 Å². The Hall–Kier alpha value is -3.27. The van der Waals surface area contributed by atoms with Crippen LogP contribution in [0.4, 0.5) is 5.82 Å². The summed E-state index contributed by atoms with van der Waals surface area (Å²) in [6.07, 6.45) is 4.96. The Kier molecular flexibility index (Phi) is 6.50. The second-order valence-corrected chi connectivity index (χ2v) is 7.94. The van der Waals surface area contributed by atoms with Gasteiger partial charge in [0.25, 0.3) is 11.8 Å². The van der Waals surface area contributed by atoms with Crippen LogP contribution < -0.4 is 15.7 Å². The number of aromatic nitrogens is 3. The molecule has 1 aromatic carbocycles. The molecule has 0 saturated carbocycles. The SMILES string of the molecule is Cn1ncc(-c2ccc(C(=O)N(c3ncccc3Cl)[C@@H]3CCCNC3)cc2)c1C(=O)NO. The Balaban J connectivity index is 1.67. The summed E-state index contributed by atoms with van der Waals surface area (Å²) < 4.78 is 1.38. The minimum atomic E-state index is -0.666. The zero-order chi connectivity index (χ0) is 22.7. The van der Waals surface area contributed by atoms with Gasteiger partial charge in [0.15, 0.2) is 5.82 Å². The number of hydrogen-bond acceptors (Lipinski definition) is 6. The number of nitrogens with zero attached hydrogens (tertiary/aromatic N) is 4. The average Bonchev–Trinajstić information content (AvgIpc) is 3.22. The summed E-state index contributed by atoms with van der Waals surface area (Å²) in [5.74, 6) is -0.433. The first-order valence-electron chi connectivity index (χ1n) is 10.2. The highest BCUT2D eigenvalue weighted by molar-refractivity contribution is 6.33. The number of aryl methyl sites for hydroxylation is 1. The van der Waals surface area contributed by atoms with Gasteiger partial charge >= 0.3 is 0 Å². The molecule has 1 aliphatic rings. The summed E-state index contributed by atoms with van der Waals surface area (Å²) in [5, 5.41) is 16.9. The Morgan fingerprint density at radius 1 is 1.28 bits per heavy atom. The molecule has 3 heterocycles. The molecule has 1 fully saturated rings. The molecule has 0 radical (unpaired) electrons. The molecule has 1 aliphatic heterocycles. The van der Waals surface area contributed by atoms with Gasteiger partial charge in [-0.05, 0) is 49.2 Å². The van der Waals surface area contributed by atoms with Crippen LogP contribution in [0.25, 0.3) is 11.1 Å². The molecule has 166 valence electrons. The van der Waals surface area contributed by atoms with Gasteiger partial charge in [0.2, 0.25) is 0 Å². The van der Waals surface area contributed by atoms with E-state index in [-0.39, 0.29) is 17.6 Å². The molecule has 0 unspecified atom stereocenters. The van der Waals surface area contributed by atoms with Gasteiger partial charge in [0.05, 0.1) is 17.3 Å². The third-order valence-electron chi connectivity index (χ3n) is 5.52. The summed E-state index contributed by atoms with van der Waals surface area (Å²) in [5.41, 5.74) is 3.55. The number of carbonyl (C=O) groups is 2. The van der Waals surface area contributed by atoms with Gasteiger partial charge in [-0.2, -0.15) is 5.10 Å². The van der Waals surface area contributed by atoms with Gasteiger partial charge in [-0.25, -0.2) is 10.5 Å². The van der Waals surface area contributed by atoms with E-state index in [2.05, 4.69) is 15.4 Å². The Morgan fingerprint density at radius 2 is 2.06 bits per heavy atom. The topological polar surface area (TPSA) is 112 Å². The van der Waals surface area contributed by atoms with Crippen molar-refractivity contribution in [2.24, 2.45) is 7.05 Å². The molecule has 1 saturated heterocycles. The normalized spacial score (nSPS) is 15.9. The summed E-state index contributed by atoms with van der Waals surface area (Å²) in [6, 6.07) is 10.3. The number of piperidine rings is 1. The van der Waals surface area contributed by atoms with Crippen molar-refractivity contribution in [3.8, 4) is 11.1 Å². The van der Waals surface area contributed by atoms with E-state index in [4.69, 9.17) is 16.8 Å². The van der Waals surface area contributed by atoms with Crippen molar-refractivity contribution in [1.82, 2.24) is 25.6 Å². The number of hydrogen-bond donors (Lipinski definition) is 3. The summed E-state index contributed by atoms with van der Waals surface area (Å²) in [6.45, 7) is 1.57. The molecule has 32 heavy (non-hydrogen) atoms. The van der Waals surface area contributed by atoms with E-state index in [1.807, 2.05) is 0 Å². The number of amides is 2. The van der Waals surface area contributed by atoms with Crippen LogP contribution in [0, 0.1) is 0 Å². The van der Waals surface area contributed by atoms with Gasteiger partial charge in [-0.15, -0.1) is 0 Å². The molecule has 0 spiro atoms. The number of rotatable bonds is 5. The first kappa shape index (κ1) is 21.9. The van der Waals surface area contributed by atoms with Crippen LogP contribution in [0.15, 0.2) is 48.8 Å². The lowest BCUT2D eigenvalue weighted by atomic mass is 10.0. The molecular formula is C22H23ClN6O3. The van der Waals surface area contributed by atoms with E-state index in [1.165, 1.54) is 10.9 Å². The number of carbonyl (C=O) groups excluding carboxylic acids is 2. The molecule has 4 rings (SSSR count). The van der Waals surface area contributed by atoms with Crippen LogP contribution in [0.5, 0.6) is 0 Å². The highest BCUT2D eigenvalue weighted by Gasteiger charge is 2.30. The quantitative estimate of drug-likeness (QED) is 0.403. The van der Waals surface area contributed by atoms with Crippen molar-refractivity contribution in [3.05, 3.63) is 65.1 Å². The number of anilines is 1. The summed E-state index contributed by atoms with van der Waals surface area (Å²) >= 11 is 6.39. The highest BCUT2D eigenvalue weighted by Crippen LogP contribution is 2.29. The number of pyridine rings is 1. The van der Waals surface area contributed by atoms with E-state index >= 15 is 0 Å². The van der Waals surface area contributed by atoms with Crippen LogP contribution in [-0.2, 0) is 7.05 Å². The molecule has 3 aromatic rings. The lowest BCUT2D eigenvalue weighted by Crippen LogP contribution is -2.49. The second kappa shape index (κ2) is 9.47. The maximum atomic E-state index is 13.6. The lowest BCUT2D eigenvalue weighted by Gasteiger charge is -2.34.